The molecule has 0 fully saturated rings. The number of carboxylic acid groups (broad SMARTS) is 1. The van der Waals surface area contributed by atoms with E-state index in [9.17, 15) is 4.79 Å². The molecule has 8 heteroatoms. The van der Waals surface area contributed by atoms with Crippen molar-refractivity contribution in [3.63, 3.8) is 0 Å². The highest BCUT2D eigenvalue weighted by Gasteiger charge is 2.13. The van der Waals surface area contributed by atoms with Gasteiger partial charge in [-0.15, -0.1) is 0 Å². The van der Waals surface area contributed by atoms with Gasteiger partial charge in [-0.25, -0.2) is 9.97 Å². The molecule has 0 saturated carbocycles. The van der Waals surface area contributed by atoms with Crippen LogP contribution in [0, 0.1) is 11.3 Å². The number of thioether (sulfide) groups is 1. The molecule has 16 heavy (non-hydrogen) atoms. The van der Waals surface area contributed by atoms with Gasteiger partial charge in [0.2, 0.25) is 0 Å². The van der Waals surface area contributed by atoms with Crippen LogP contribution in [0.1, 0.15) is 5.56 Å². The topological polar surface area (TPSA) is 98.9 Å². The molecule has 0 amide bonds. The summed E-state index contributed by atoms with van der Waals surface area (Å²) in [7, 11) is 0. The Balaban J connectivity index is 3.09. The molecule has 0 radical (unpaired) electrons. The average molecular weight is 259 g/mol. The minimum atomic E-state index is -1.05. The zero-order valence-electron chi connectivity index (χ0n) is 8.19. The quantitative estimate of drug-likeness (QED) is 0.476. The van der Waals surface area contributed by atoms with Gasteiger partial charge < -0.3 is 10.4 Å². The van der Waals surface area contributed by atoms with E-state index in [1.807, 2.05) is 6.07 Å². The Morgan fingerprint density at radius 3 is 2.88 bits per heavy atom. The first-order chi connectivity index (χ1) is 7.58. The first kappa shape index (κ1) is 12.5. The summed E-state index contributed by atoms with van der Waals surface area (Å²) < 4.78 is 0. The fraction of sp³-hybridized carbons (Fsp3) is 0.250. The Bertz CT molecular complexity index is 460. The van der Waals surface area contributed by atoms with Crippen LogP contribution in [0.25, 0.3) is 0 Å². The highest BCUT2D eigenvalue weighted by Crippen LogP contribution is 2.23. The SMILES string of the molecule is CSc1nc(Cl)c(C#N)c(NCC(=O)O)n1. The predicted molar refractivity (Wildman–Crippen MR) is 59.7 cm³/mol. The van der Waals surface area contributed by atoms with E-state index in [1.54, 1.807) is 6.26 Å². The number of carboxylic acids is 1. The zero-order valence-corrected chi connectivity index (χ0v) is 9.76. The number of aliphatic carboxylic acids is 1. The molecule has 0 aliphatic rings. The highest BCUT2D eigenvalue weighted by molar-refractivity contribution is 7.98. The second kappa shape index (κ2) is 5.53. The van der Waals surface area contributed by atoms with Crippen LogP contribution < -0.4 is 5.32 Å². The Kier molecular flexibility index (Phi) is 4.34. The van der Waals surface area contributed by atoms with Crippen LogP contribution >= 0.6 is 23.4 Å². The average Bonchev–Trinajstić information content (AvgIpc) is 2.25. The standard InChI is InChI=1S/C8H7ClN4O2S/c1-16-8-12-6(9)4(2-10)7(13-8)11-3-5(14)15/h3H2,1H3,(H,14,15)(H,11,12,13). The van der Waals surface area contributed by atoms with Crippen molar-refractivity contribution in [3.8, 4) is 6.07 Å². The third-order valence-corrected chi connectivity index (χ3v) is 2.37. The summed E-state index contributed by atoms with van der Waals surface area (Å²) in [6, 6.07) is 1.82. The van der Waals surface area contributed by atoms with Crippen LogP contribution in [0.15, 0.2) is 5.16 Å². The maximum Gasteiger partial charge on any atom is 0.322 e. The lowest BCUT2D eigenvalue weighted by Gasteiger charge is -2.06. The van der Waals surface area contributed by atoms with Crippen molar-refractivity contribution in [2.45, 2.75) is 5.16 Å². The van der Waals surface area contributed by atoms with Crippen LogP contribution in [0.3, 0.4) is 0 Å². The van der Waals surface area contributed by atoms with Gasteiger partial charge in [0, 0.05) is 0 Å². The fourth-order valence-electron chi connectivity index (χ4n) is 0.892. The molecule has 0 aliphatic carbocycles. The number of hydrogen-bond acceptors (Lipinski definition) is 6. The van der Waals surface area contributed by atoms with E-state index in [1.165, 1.54) is 11.8 Å². The second-order valence-electron chi connectivity index (χ2n) is 2.58. The highest BCUT2D eigenvalue weighted by atomic mass is 35.5. The van der Waals surface area contributed by atoms with Crippen molar-refractivity contribution in [2.75, 3.05) is 18.1 Å². The van der Waals surface area contributed by atoms with Crippen molar-refractivity contribution in [2.24, 2.45) is 0 Å². The van der Waals surface area contributed by atoms with Gasteiger partial charge in [-0.2, -0.15) is 5.26 Å². The fourth-order valence-corrected chi connectivity index (χ4v) is 1.52. The maximum atomic E-state index is 10.4. The van der Waals surface area contributed by atoms with Gasteiger partial charge >= 0.3 is 5.97 Å². The van der Waals surface area contributed by atoms with E-state index in [4.69, 9.17) is 22.0 Å². The molecule has 0 spiro atoms. The summed E-state index contributed by atoms with van der Waals surface area (Å²) in [4.78, 5) is 18.2. The maximum absolute atomic E-state index is 10.4. The predicted octanol–water partition coefficient (Wildman–Crippen LogP) is 1.22. The van der Waals surface area contributed by atoms with Crippen LogP contribution in [0.4, 0.5) is 5.82 Å². The first-order valence-electron chi connectivity index (χ1n) is 4.05. The molecular formula is C8H7ClN4O2S. The molecule has 1 rings (SSSR count). The summed E-state index contributed by atoms with van der Waals surface area (Å²) in [6.45, 7) is -0.337. The molecule has 1 aromatic heterocycles. The van der Waals surface area contributed by atoms with E-state index >= 15 is 0 Å². The molecule has 1 heterocycles. The number of carbonyl (C=O) groups is 1. The number of nitrogens with one attached hydrogen (secondary N) is 1. The van der Waals surface area contributed by atoms with Gasteiger partial charge in [0.1, 0.15) is 18.2 Å². The van der Waals surface area contributed by atoms with Crippen molar-refractivity contribution < 1.29 is 9.90 Å². The molecule has 2 N–H and O–H groups in total. The van der Waals surface area contributed by atoms with Gasteiger partial charge in [-0.1, -0.05) is 23.4 Å². The second-order valence-corrected chi connectivity index (χ2v) is 3.72. The van der Waals surface area contributed by atoms with Crippen molar-refractivity contribution >= 4 is 35.1 Å². The minimum absolute atomic E-state index is 0.00902. The number of hydrogen-bond donors (Lipinski definition) is 2. The minimum Gasteiger partial charge on any atom is -0.480 e. The smallest absolute Gasteiger partial charge is 0.322 e. The van der Waals surface area contributed by atoms with Gasteiger partial charge in [0.05, 0.1) is 0 Å². The monoisotopic (exact) mass is 258 g/mol. The summed E-state index contributed by atoms with van der Waals surface area (Å²) >= 11 is 7.00. The Morgan fingerprint density at radius 1 is 1.69 bits per heavy atom. The number of anilines is 1. The first-order valence-corrected chi connectivity index (χ1v) is 5.66. The van der Waals surface area contributed by atoms with E-state index in [0.717, 1.165) is 0 Å². The van der Waals surface area contributed by atoms with Crippen molar-refractivity contribution in [1.82, 2.24) is 9.97 Å². The van der Waals surface area contributed by atoms with E-state index < -0.39 is 5.97 Å². The lowest BCUT2D eigenvalue weighted by atomic mass is 10.3. The summed E-state index contributed by atoms with van der Waals surface area (Å²) in [5.74, 6) is -0.918. The molecule has 6 nitrogen and oxygen atoms in total. The van der Waals surface area contributed by atoms with Gasteiger partial charge in [0.15, 0.2) is 16.1 Å². The van der Waals surface area contributed by atoms with Crippen LogP contribution in [-0.4, -0.2) is 33.8 Å². The molecule has 0 aliphatic heterocycles. The molecular weight excluding hydrogens is 252 g/mol. The van der Waals surface area contributed by atoms with E-state index in [-0.39, 0.29) is 23.1 Å². The Hall–Kier alpha value is -1.52. The number of nitrogens with zero attached hydrogens (tertiary/aromatic N) is 3. The molecule has 84 valence electrons. The normalized spacial score (nSPS) is 9.56. The molecule has 0 bridgehead atoms. The van der Waals surface area contributed by atoms with E-state index in [2.05, 4.69) is 15.3 Å². The van der Waals surface area contributed by atoms with Crippen LogP contribution in [0.2, 0.25) is 5.15 Å². The number of aromatic nitrogens is 2. The van der Waals surface area contributed by atoms with Gasteiger partial charge in [-0.05, 0) is 6.26 Å². The van der Waals surface area contributed by atoms with Crippen molar-refractivity contribution in [3.05, 3.63) is 10.7 Å². The lowest BCUT2D eigenvalue weighted by Crippen LogP contribution is -2.15. The molecule has 0 aromatic carbocycles. The van der Waals surface area contributed by atoms with E-state index in [0.29, 0.717) is 5.16 Å². The van der Waals surface area contributed by atoms with Gasteiger partial charge in [-0.3, -0.25) is 4.79 Å². The molecule has 1 aromatic rings. The Morgan fingerprint density at radius 2 is 2.38 bits per heavy atom. The largest absolute Gasteiger partial charge is 0.480 e. The number of rotatable bonds is 4. The molecule has 0 saturated heterocycles. The molecule has 0 atom stereocenters. The number of halogens is 1. The summed E-state index contributed by atoms with van der Waals surface area (Å²) in [5.41, 5.74) is 0.0423. The summed E-state index contributed by atoms with van der Waals surface area (Å²) in [6.07, 6.45) is 1.75. The number of nitriles is 1. The Labute approximate surface area is 101 Å². The third kappa shape index (κ3) is 2.98. The third-order valence-electron chi connectivity index (χ3n) is 1.55. The summed E-state index contributed by atoms with van der Waals surface area (Å²) in [5, 5.41) is 20.2. The van der Waals surface area contributed by atoms with Crippen LogP contribution in [0.5, 0.6) is 0 Å². The zero-order chi connectivity index (χ0) is 12.1. The van der Waals surface area contributed by atoms with Crippen LogP contribution in [-0.2, 0) is 4.79 Å². The molecule has 0 unspecified atom stereocenters. The van der Waals surface area contributed by atoms with Crippen molar-refractivity contribution in [1.29, 1.82) is 5.26 Å². The van der Waals surface area contributed by atoms with Gasteiger partial charge in [0.25, 0.3) is 0 Å². The lowest BCUT2D eigenvalue weighted by molar-refractivity contribution is -0.134.